The third-order valence-corrected chi connectivity index (χ3v) is 8.19. The van der Waals surface area contributed by atoms with Crippen LogP contribution in [0.1, 0.15) is 5.56 Å². The first-order chi connectivity index (χ1) is 8.59. The predicted molar refractivity (Wildman–Crippen MR) is 72.7 cm³/mol. The summed E-state index contributed by atoms with van der Waals surface area (Å²) < 4.78 is 27.3. The Morgan fingerprint density at radius 2 is 1.67 bits per heavy atom. The van der Waals surface area contributed by atoms with Crippen LogP contribution in [0.2, 0.25) is 0 Å². The Hall–Kier alpha value is -1.29. The van der Waals surface area contributed by atoms with E-state index in [4.69, 9.17) is 0 Å². The molecular weight excluding hydrogens is 313 g/mol. The number of hydrogen-bond donors (Lipinski definition) is 0. The monoisotopic (exact) mass is 325 g/mol. The summed E-state index contributed by atoms with van der Waals surface area (Å²) in [5, 5.41) is 0. The van der Waals surface area contributed by atoms with E-state index >= 15 is 0 Å². The Morgan fingerprint density at radius 3 is 2.33 bits per heavy atom. The van der Waals surface area contributed by atoms with Gasteiger partial charge in [-0.15, -0.1) is 0 Å². The van der Waals surface area contributed by atoms with E-state index in [1.807, 2.05) is 43.3 Å². The zero-order valence-corrected chi connectivity index (χ0v) is 12.2. The molecule has 1 aliphatic rings. The molecule has 18 heavy (non-hydrogen) atoms. The molecule has 2 aromatic rings. The van der Waals surface area contributed by atoms with Gasteiger partial charge in [0.15, 0.2) is 0 Å². The minimum atomic E-state index is -3.35. The fourth-order valence-electron chi connectivity index (χ4n) is 1.82. The maximum absolute atomic E-state index is 12.4. The topological polar surface area (TPSA) is 37.4 Å². The minimum absolute atomic E-state index is 0.204. The normalized spacial score (nSPS) is 16.6. The van der Waals surface area contributed by atoms with Gasteiger partial charge in [-0.2, -0.15) is 0 Å². The summed E-state index contributed by atoms with van der Waals surface area (Å²) in [7, 11) is -3.35. The zero-order chi connectivity index (χ0) is 12.8. The van der Waals surface area contributed by atoms with E-state index in [-0.39, 0.29) is 15.2 Å². The van der Waals surface area contributed by atoms with Crippen LogP contribution in [-0.2, 0) is 10.0 Å². The number of aryl methyl sites for hydroxylation is 1. The van der Waals surface area contributed by atoms with Crippen LogP contribution in [0.3, 0.4) is 0 Å². The van der Waals surface area contributed by atoms with Crippen LogP contribution in [-0.4, -0.2) is 23.6 Å². The molecule has 2 aromatic carbocycles. The first-order valence-electron chi connectivity index (χ1n) is 5.48. The van der Waals surface area contributed by atoms with Gasteiger partial charge in [-0.05, 0) is 0 Å². The van der Waals surface area contributed by atoms with E-state index in [0.29, 0.717) is 4.90 Å². The molecule has 0 fully saturated rings. The number of rotatable bonds is 1. The van der Waals surface area contributed by atoms with Gasteiger partial charge in [0.05, 0.1) is 0 Å². The second kappa shape index (κ2) is 4.12. The van der Waals surface area contributed by atoms with Gasteiger partial charge < -0.3 is 0 Å². The van der Waals surface area contributed by atoms with Gasteiger partial charge in [0.25, 0.3) is 0 Å². The van der Waals surface area contributed by atoms with Crippen molar-refractivity contribution in [2.45, 2.75) is 11.8 Å². The summed E-state index contributed by atoms with van der Waals surface area (Å²) in [6.45, 7) is 1.99. The van der Waals surface area contributed by atoms with Crippen LogP contribution >= 0.6 is 0 Å². The predicted octanol–water partition coefficient (Wildman–Crippen LogP) is 1.45. The molecule has 3 rings (SSSR count). The maximum atomic E-state index is 12.4. The second-order valence-corrected chi connectivity index (χ2v) is 8.45. The van der Waals surface area contributed by atoms with Crippen LogP contribution in [0.25, 0.3) is 0 Å². The molecule has 1 aliphatic heterocycles. The van der Waals surface area contributed by atoms with Gasteiger partial charge in [0, 0.05) is 0 Å². The van der Waals surface area contributed by atoms with Crippen LogP contribution in [0.4, 0.5) is 5.69 Å². The van der Waals surface area contributed by atoms with Crippen molar-refractivity contribution >= 4 is 35.3 Å². The molecular formula is C13H11NO2SSe. The second-order valence-electron chi connectivity index (χ2n) is 4.11. The van der Waals surface area contributed by atoms with Crippen molar-refractivity contribution in [3.05, 3.63) is 54.1 Å². The Labute approximate surface area is 113 Å². The Morgan fingerprint density at radius 1 is 1.00 bits per heavy atom. The zero-order valence-electron chi connectivity index (χ0n) is 9.70. The van der Waals surface area contributed by atoms with Gasteiger partial charge in [0.1, 0.15) is 0 Å². The van der Waals surface area contributed by atoms with Gasteiger partial charge in [-0.1, -0.05) is 0 Å². The van der Waals surface area contributed by atoms with Crippen molar-refractivity contribution in [2.24, 2.45) is 0 Å². The molecule has 0 N–H and O–H groups in total. The number of sulfonamides is 1. The van der Waals surface area contributed by atoms with Crippen molar-refractivity contribution in [3.63, 3.8) is 0 Å². The first-order valence-corrected chi connectivity index (χ1v) is 8.54. The molecule has 0 saturated heterocycles. The van der Waals surface area contributed by atoms with Gasteiger partial charge in [-0.3, -0.25) is 0 Å². The molecule has 0 aromatic heterocycles. The summed E-state index contributed by atoms with van der Waals surface area (Å²) in [5.41, 5.74) is 1.87. The Balaban J connectivity index is 2.10. The number of benzene rings is 2. The van der Waals surface area contributed by atoms with Crippen LogP contribution in [0.5, 0.6) is 0 Å². The molecule has 0 bridgehead atoms. The van der Waals surface area contributed by atoms with Crippen LogP contribution in [0.15, 0.2) is 53.4 Å². The third-order valence-electron chi connectivity index (χ3n) is 2.77. The molecule has 3 nitrogen and oxygen atoms in total. The average molecular weight is 324 g/mol. The summed E-state index contributed by atoms with van der Waals surface area (Å²) >= 11 is -0.204. The fraction of sp³-hybridized carbons (Fsp3) is 0.0769. The Kier molecular flexibility index (Phi) is 2.70. The third kappa shape index (κ3) is 1.75. The average Bonchev–Trinajstić information content (AvgIpc) is 2.63. The molecule has 5 heteroatoms. The van der Waals surface area contributed by atoms with E-state index in [1.54, 1.807) is 12.1 Å². The van der Waals surface area contributed by atoms with Crippen LogP contribution < -0.4 is 7.78 Å². The number of fused-ring (bicyclic) bond motifs is 1. The fourth-order valence-corrected chi connectivity index (χ4v) is 6.95. The standard InChI is InChI=1S/C13H11NO2SSe/c1-10-6-8-11(9-7-10)14-17(15,16)12-4-2-3-5-13(12)18-14/h2-9H,1H3. The van der Waals surface area contributed by atoms with Crippen LogP contribution in [0, 0.1) is 6.92 Å². The van der Waals surface area contributed by atoms with Crippen molar-refractivity contribution < 1.29 is 8.42 Å². The number of nitrogens with zero attached hydrogens (tertiary/aromatic N) is 1. The SMILES string of the molecule is Cc1ccc(N2[Se]c3ccccc3S2(=O)=O)cc1. The van der Waals surface area contributed by atoms with Gasteiger partial charge in [-0.25, -0.2) is 0 Å². The summed E-state index contributed by atoms with van der Waals surface area (Å²) in [4.78, 5) is 0.450. The molecule has 0 radical (unpaired) electrons. The van der Waals surface area contributed by atoms with E-state index in [1.165, 1.54) is 3.32 Å². The van der Waals surface area contributed by atoms with Crippen molar-refractivity contribution in [2.75, 3.05) is 3.32 Å². The summed E-state index contributed by atoms with van der Waals surface area (Å²) in [5.74, 6) is 0. The molecule has 92 valence electrons. The van der Waals surface area contributed by atoms with E-state index in [0.717, 1.165) is 15.7 Å². The van der Waals surface area contributed by atoms with Gasteiger partial charge in [0.2, 0.25) is 0 Å². The summed E-state index contributed by atoms with van der Waals surface area (Å²) in [6, 6.07) is 14.8. The molecule has 0 atom stereocenters. The number of hydrogen-bond acceptors (Lipinski definition) is 2. The molecule has 0 aliphatic carbocycles. The number of anilines is 1. The van der Waals surface area contributed by atoms with Crippen molar-refractivity contribution in [1.29, 1.82) is 0 Å². The molecule has 1 heterocycles. The van der Waals surface area contributed by atoms with Crippen molar-refractivity contribution in [1.82, 2.24) is 0 Å². The Bertz CT molecular complexity index is 695. The van der Waals surface area contributed by atoms with E-state index < -0.39 is 10.0 Å². The molecule has 0 spiro atoms. The van der Waals surface area contributed by atoms with E-state index in [2.05, 4.69) is 0 Å². The molecule has 0 unspecified atom stereocenters. The molecule has 0 amide bonds. The van der Waals surface area contributed by atoms with Crippen molar-refractivity contribution in [3.8, 4) is 0 Å². The van der Waals surface area contributed by atoms with Gasteiger partial charge >= 0.3 is 113 Å². The summed E-state index contributed by atoms with van der Waals surface area (Å²) in [6.07, 6.45) is 0. The van der Waals surface area contributed by atoms with E-state index in [9.17, 15) is 8.42 Å². The molecule has 0 saturated carbocycles. The quantitative estimate of drug-likeness (QED) is 0.745. The first kappa shape index (κ1) is 11.8.